The first-order valence-corrected chi connectivity index (χ1v) is 4.22. The molecule has 0 atom stereocenters. The molecule has 2 heteroatoms. The van der Waals surface area contributed by atoms with Crippen LogP contribution in [-0.2, 0) is 0 Å². The van der Waals surface area contributed by atoms with E-state index in [1.807, 2.05) is 16.2 Å². The summed E-state index contributed by atoms with van der Waals surface area (Å²) in [4.78, 5) is 0. The highest BCUT2D eigenvalue weighted by Crippen LogP contribution is 2.26. The molecule has 0 bridgehead atoms. The Balaban J connectivity index is 2.26. The van der Waals surface area contributed by atoms with Crippen LogP contribution in [0.1, 0.15) is 6.42 Å². The minimum absolute atomic E-state index is 1.14. The Labute approximate surface area is 45.8 Å². The van der Waals surface area contributed by atoms with Crippen molar-refractivity contribution in [2.75, 3.05) is 5.75 Å². The lowest BCUT2D eigenvalue weighted by atomic mass is 10.5. The second kappa shape index (κ2) is 2.59. The summed E-state index contributed by atoms with van der Waals surface area (Å²) in [5, 5.41) is 2.02. The van der Waals surface area contributed by atoms with Crippen molar-refractivity contribution < 1.29 is 0 Å². The number of hydrogen-bond acceptors (Lipinski definition) is 2. The largest absolute Gasteiger partial charge is 0.0892 e. The van der Waals surface area contributed by atoms with Gasteiger partial charge in [0.1, 0.15) is 0 Å². The summed E-state index contributed by atoms with van der Waals surface area (Å²) in [6.07, 6.45) is 4.24. The third-order valence-electron chi connectivity index (χ3n) is 0.529. The van der Waals surface area contributed by atoms with Crippen molar-refractivity contribution in [2.24, 2.45) is 0 Å². The van der Waals surface area contributed by atoms with E-state index in [1.165, 1.54) is 5.75 Å². The summed E-state index contributed by atoms with van der Waals surface area (Å²) in [5.41, 5.74) is 0. The second-order valence-electron chi connectivity index (χ2n) is 0.990. The van der Waals surface area contributed by atoms with Gasteiger partial charge in [0.2, 0.25) is 0 Å². The smallest absolute Gasteiger partial charge is 0.00809 e. The summed E-state index contributed by atoms with van der Waals surface area (Å²) in [6, 6.07) is 0. The van der Waals surface area contributed by atoms with E-state index in [0.29, 0.717) is 0 Å². The summed E-state index contributed by atoms with van der Waals surface area (Å²) in [5.74, 6) is 1.24. The molecule has 0 spiro atoms. The normalized spacial score (nSPS) is 21.3. The van der Waals surface area contributed by atoms with E-state index >= 15 is 0 Å². The SMILES string of the molecule is [C]1=CSSCC1. The molecule has 1 heterocycles. The molecule has 1 radical (unpaired) electrons. The molecule has 0 aromatic rings. The van der Waals surface area contributed by atoms with Gasteiger partial charge in [-0.1, -0.05) is 21.6 Å². The van der Waals surface area contributed by atoms with Gasteiger partial charge in [-0.3, -0.25) is 0 Å². The summed E-state index contributed by atoms with van der Waals surface area (Å²) in [6.45, 7) is 0. The maximum Gasteiger partial charge on any atom is 0.00809 e. The lowest BCUT2D eigenvalue weighted by Gasteiger charge is -1.95. The average Bonchev–Trinajstić information content (AvgIpc) is 1.72. The highest BCUT2D eigenvalue weighted by molar-refractivity contribution is 8.77. The van der Waals surface area contributed by atoms with Crippen molar-refractivity contribution in [2.45, 2.75) is 6.42 Å². The Kier molecular flexibility index (Phi) is 1.98. The Morgan fingerprint density at radius 3 is 2.83 bits per heavy atom. The zero-order chi connectivity index (χ0) is 4.24. The predicted octanol–water partition coefficient (Wildman–Crippen LogP) is 2.09. The third-order valence-corrected chi connectivity index (χ3v) is 2.50. The van der Waals surface area contributed by atoms with Gasteiger partial charge < -0.3 is 0 Å². The molecule has 0 saturated carbocycles. The van der Waals surface area contributed by atoms with Crippen LogP contribution in [0.25, 0.3) is 0 Å². The van der Waals surface area contributed by atoms with Crippen LogP contribution in [0, 0.1) is 6.08 Å². The van der Waals surface area contributed by atoms with Crippen LogP contribution in [0.4, 0.5) is 0 Å². The fourth-order valence-corrected chi connectivity index (χ4v) is 1.77. The highest BCUT2D eigenvalue weighted by atomic mass is 33.1. The number of rotatable bonds is 0. The predicted molar refractivity (Wildman–Crippen MR) is 32.5 cm³/mol. The quantitative estimate of drug-likeness (QED) is 0.445. The van der Waals surface area contributed by atoms with Crippen molar-refractivity contribution in [1.82, 2.24) is 0 Å². The first-order valence-electron chi connectivity index (χ1n) is 1.83. The van der Waals surface area contributed by atoms with Crippen molar-refractivity contribution >= 4 is 21.6 Å². The maximum absolute atomic E-state index is 3.10. The minimum Gasteiger partial charge on any atom is -0.0892 e. The van der Waals surface area contributed by atoms with Crippen LogP contribution < -0.4 is 0 Å². The van der Waals surface area contributed by atoms with Gasteiger partial charge >= 0.3 is 0 Å². The molecule has 0 aromatic carbocycles. The topological polar surface area (TPSA) is 0 Å². The number of allylic oxidation sites excluding steroid dienone is 1. The van der Waals surface area contributed by atoms with Crippen molar-refractivity contribution in [3.05, 3.63) is 11.5 Å². The molecule has 0 unspecified atom stereocenters. The zero-order valence-electron chi connectivity index (χ0n) is 3.31. The molecule has 1 rings (SSSR count). The Hall–Kier alpha value is 0.440. The Morgan fingerprint density at radius 2 is 2.67 bits per heavy atom. The Morgan fingerprint density at radius 1 is 1.67 bits per heavy atom. The van der Waals surface area contributed by atoms with Gasteiger partial charge in [-0.2, -0.15) is 0 Å². The maximum atomic E-state index is 3.10. The Bertz CT molecular complexity index is 50.6. The fraction of sp³-hybridized carbons (Fsp3) is 0.500. The van der Waals surface area contributed by atoms with Gasteiger partial charge in [0.25, 0.3) is 0 Å². The zero-order valence-corrected chi connectivity index (χ0v) is 4.94. The summed E-state index contributed by atoms with van der Waals surface area (Å²) >= 11 is 0. The molecule has 0 saturated heterocycles. The van der Waals surface area contributed by atoms with Gasteiger partial charge in [-0.15, -0.1) is 0 Å². The molecule has 0 N–H and O–H groups in total. The molecule has 0 fully saturated rings. The van der Waals surface area contributed by atoms with Crippen LogP contribution in [0.15, 0.2) is 5.41 Å². The van der Waals surface area contributed by atoms with Gasteiger partial charge in [-0.25, -0.2) is 0 Å². The van der Waals surface area contributed by atoms with Crippen LogP contribution in [-0.4, -0.2) is 5.75 Å². The molecule has 0 aromatic heterocycles. The molecule has 0 aliphatic carbocycles. The average molecular weight is 117 g/mol. The first-order chi connectivity index (χ1) is 3.00. The first kappa shape index (κ1) is 4.60. The van der Waals surface area contributed by atoms with Crippen molar-refractivity contribution in [3.63, 3.8) is 0 Å². The minimum atomic E-state index is 1.14. The van der Waals surface area contributed by atoms with E-state index in [4.69, 9.17) is 0 Å². The van der Waals surface area contributed by atoms with Crippen LogP contribution in [0.5, 0.6) is 0 Å². The standard InChI is InChI=1S/C4H5S2/c1-2-4-6-5-3-1/h4H,1,3H2. The summed E-state index contributed by atoms with van der Waals surface area (Å²) in [7, 11) is 3.67. The lowest BCUT2D eigenvalue weighted by Crippen LogP contribution is -1.73. The van der Waals surface area contributed by atoms with Gasteiger partial charge in [0, 0.05) is 5.75 Å². The van der Waals surface area contributed by atoms with Crippen molar-refractivity contribution in [3.8, 4) is 0 Å². The van der Waals surface area contributed by atoms with Crippen LogP contribution in [0.2, 0.25) is 0 Å². The molecule has 1 aliphatic heterocycles. The molecule has 1 aliphatic rings. The summed E-state index contributed by atoms with van der Waals surface area (Å²) < 4.78 is 0. The molecule has 6 heavy (non-hydrogen) atoms. The lowest BCUT2D eigenvalue weighted by molar-refractivity contribution is 1.21. The molecule has 33 valence electrons. The highest BCUT2D eigenvalue weighted by Gasteiger charge is 1.88. The molecular formula is C4H5S2. The molecule has 0 nitrogen and oxygen atoms in total. The second-order valence-corrected chi connectivity index (χ2v) is 3.35. The van der Waals surface area contributed by atoms with E-state index in [-0.39, 0.29) is 0 Å². The van der Waals surface area contributed by atoms with E-state index in [0.717, 1.165) is 6.42 Å². The third kappa shape index (κ3) is 1.27. The van der Waals surface area contributed by atoms with E-state index in [9.17, 15) is 0 Å². The fourth-order valence-electron chi connectivity index (χ4n) is 0.276. The van der Waals surface area contributed by atoms with E-state index in [1.54, 1.807) is 10.8 Å². The number of hydrogen-bond donors (Lipinski definition) is 0. The van der Waals surface area contributed by atoms with Gasteiger partial charge in [0.05, 0.1) is 0 Å². The van der Waals surface area contributed by atoms with Gasteiger partial charge in [-0.05, 0) is 17.9 Å². The van der Waals surface area contributed by atoms with E-state index < -0.39 is 0 Å². The van der Waals surface area contributed by atoms with Gasteiger partial charge in [0.15, 0.2) is 0 Å². The molecular weight excluding hydrogens is 112 g/mol. The monoisotopic (exact) mass is 117 g/mol. The van der Waals surface area contributed by atoms with Crippen molar-refractivity contribution in [1.29, 1.82) is 0 Å². The molecule has 0 amide bonds. The van der Waals surface area contributed by atoms with Crippen LogP contribution >= 0.6 is 21.6 Å². The van der Waals surface area contributed by atoms with E-state index in [2.05, 4.69) is 6.08 Å². The van der Waals surface area contributed by atoms with Crippen LogP contribution in [0.3, 0.4) is 0 Å².